The molecule has 0 aliphatic heterocycles. The number of benzene rings is 1. The largest absolute Gasteiger partial charge is 0.380 e. The van der Waals surface area contributed by atoms with Crippen LogP contribution in [0.25, 0.3) is 0 Å². The minimum Gasteiger partial charge on any atom is -0.380 e. The number of nitrogens with one attached hydrogen (secondary N) is 1. The zero-order valence-corrected chi connectivity index (χ0v) is 14.0. The van der Waals surface area contributed by atoms with E-state index in [1.54, 1.807) is 0 Å². The van der Waals surface area contributed by atoms with Crippen molar-refractivity contribution in [1.29, 1.82) is 0 Å². The normalized spacial score (nSPS) is 10.5. The molecule has 4 heteroatoms. The van der Waals surface area contributed by atoms with Crippen LogP contribution < -0.4 is 5.32 Å². The zero-order chi connectivity index (χ0) is 12.3. The average Bonchev–Trinajstić information content (AvgIpc) is 2.79. The summed E-state index contributed by atoms with van der Waals surface area (Å²) in [6.07, 6.45) is 1.13. The molecule has 1 nitrogen and oxygen atoms in total. The van der Waals surface area contributed by atoms with Crippen molar-refractivity contribution in [1.82, 2.24) is 0 Å². The number of rotatable bonds is 4. The van der Waals surface area contributed by atoms with Gasteiger partial charge >= 0.3 is 0 Å². The quantitative estimate of drug-likeness (QED) is 0.661. The summed E-state index contributed by atoms with van der Waals surface area (Å²) in [5.41, 5.74) is 1.17. The molecular formula is C13H13BrINS. The lowest BCUT2D eigenvalue weighted by Gasteiger charge is -2.06. The van der Waals surface area contributed by atoms with E-state index in [0.29, 0.717) is 0 Å². The molecule has 0 bridgehead atoms. The molecule has 0 spiro atoms. The Kier molecular flexibility index (Phi) is 4.87. The van der Waals surface area contributed by atoms with Gasteiger partial charge in [-0.25, -0.2) is 0 Å². The van der Waals surface area contributed by atoms with Crippen LogP contribution in [0.5, 0.6) is 0 Å². The molecule has 1 N–H and O–H groups in total. The van der Waals surface area contributed by atoms with Crippen molar-refractivity contribution in [3.8, 4) is 0 Å². The van der Waals surface area contributed by atoms with E-state index in [-0.39, 0.29) is 0 Å². The van der Waals surface area contributed by atoms with Gasteiger partial charge in [0.1, 0.15) is 0 Å². The molecule has 17 heavy (non-hydrogen) atoms. The second kappa shape index (κ2) is 6.20. The van der Waals surface area contributed by atoms with Crippen LogP contribution >= 0.6 is 49.9 Å². The lowest BCUT2D eigenvalue weighted by molar-refractivity contribution is 1.19. The number of hydrogen-bond donors (Lipinski definition) is 1. The summed E-state index contributed by atoms with van der Waals surface area (Å²) >= 11 is 7.72. The first kappa shape index (κ1) is 13.4. The van der Waals surface area contributed by atoms with Crippen LogP contribution in [0, 0.1) is 3.57 Å². The van der Waals surface area contributed by atoms with E-state index < -0.39 is 0 Å². The molecule has 0 saturated heterocycles. The van der Waals surface area contributed by atoms with E-state index >= 15 is 0 Å². The van der Waals surface area contributed by atoms with Crippen LogP contribution in [0.2, 0.25) is 0 Å². The molecule has 1 aromatic heterocycles. The summed E-state index contributed by atoms with van der Waals surface area (Å²) in [6.45, 7) is 3.10. The minimum absolute atomic E-state index is 0.905. The second-order valence-corrected chi connectivity index (χ2v) is 6.97. The SMILES string of the molecule is CCc1ccc(CNc2ccc(Br)c(I)c2)s1. The summed E-state index contributed by atoms with van der Waals surface area (Å²) in [6, 6.07) is 10.8. The third-order valence-corrected chi connectivity index (χ3v) is 6.01. The van der Waals surface area contributed by atoms with Gasteiger partial charge in [-0.15, -0.1) is 11.3 Å². The Morgan fingerprint density at radius 1 is 1.24 bits per heavy atom. The smallest absolute Gasteiger partial charge is 0.0494 e. The molecule has 2 aromatic rings. The topological polar surface area (TPSA) is 12.0 Å². The Hall–Kier alpha value is -0.0700. The van der Waals surface area contributed by atoms with Gasteiger partial charge < -0.3 is 5.32 Å². The van der Waals surface area contributed by atoms with Crippen LogP contribution in [-0.2, 0) is 13.0 Å². The summed E-state index contributed by atoms with van der Waals surface area (Å²) in [4.78, 5) is 2.84. The number of anilines is 1. The fraction of sp³-hybridized carbons (Fsp3) is 0.231. The highest BCUT2D eigenvalue weighted by molar-refractivity contribution is 14.1. The van der Waals surface area contributed by atoms with Crippen LogP contribution in [0.4, 0.5) is 5.69 Å². The Morgan fingerprint density at radius 3 is 2.65 bits per heavy atom. The number of halogens is 2. The summed E-state index contributed by atoms with van der Waals surface area (Å²) in [5, 5.41) is 3.45. The molecule has 1 heterocycles. The Bertz CT molecular complexity index is 510. The van der Waals surface area contributed by atoms with Gasteiger partial charge in [-0.3, -0.25) is 0 Å². The van der Waals surface area contributed by atoms with Gasteiger partial charge in [0.15, 0.2) is 0 Å². The molecule has 90 valence electrons. The molecule has 2 rings (SSSR count). The van der Waals surface area contributed by atoms with Crippen molar-refractivity contribution in [2.45, 2.75) is 19.9 Å². The first-order chi connectivity index (χ1) is 8.19. The summed E-state index contributed by atoms with van der Waals surface area (Å²) in [7, 11) is 0. The molecule has 0 saturated carbocycles. The van der Waals surface area contributed by atoms with E-state index in [1.165, 1.54) is 19.0 Å². The molecule has 0 atom stereocenters. The molecule has 0 aliphatic carbocycles. The van der Waals surface area contributed by atoms with Crippen molar-refractivity contribution < 1.29 is 0 Å². The van der Waals surface area contributed by atoms with E-state index in [1.807, 2.05) is 11.3 Å². The fourth-order valence-corrected chi connectivity index (χ4v) is 3.16. The third-order valence-electron chi connectivity index (χ3n) is 2.45. The first-order valence-electron chi connectivity index (χ1n) is 5.45. The van der Waals surface area contributed by atoms with Gasteiger partial charge in [0.25, 0.3) is 0 Å². The second-order valence-electron chi connectivity index (χ2n) is 3.70. The van der Waals surface area contributed by atoms with E-state index in [2.05, 4.69) is 81.1 Å². The highest BCUT2D eigenvalue weighted by Gasteiger charge is 2.00. The van der Waals surface area contributed by atoms with Gasteiger partial charge in [-0.2, -0.15) is 0 Å². The average molecular weight is 422 g/mol. The van der Waals surface area contributed by atoms with Crippen LogP contribution in [0.1, 0.15) is 16.7 Å². The Balaban J connectivity index is 1.99. The molecular weight excluding hydrogens is 409 g/mol. The molecule has 0 fully saturated rings. The maximum absolute atomic E-state index is 3.50. The monoisotopic (exact) mass is 421 g/mol. The maximum Gasteiger partial charge on any atom is 0.0494 e. The van der Waals surface area contributed by atoms with Crippen molar-refractivity contribution in [3.05, 3.63) is 48.1 Å². The van der Waals surface area contributed by atoms with Crippen LogP contribution in [0.15, 0.2) is 34.8 Å². The van der Waals surface area contributed by atoms with Gasteiger partial charge in [-0.05, 0) is 75.3 Å². The van der Waals surface area contributed by atoms with Crippen molar-refractivity contribution in [2.24, 2.45) is 0 Å². The fourth-order valence-electron chi connectivity index (χ4n) is 1.50. The molecule has 1 aromatic carbocycles. The van der Waals surface area contributed by atoms with E-state index in [0.717, 1.165) is 17.4 Å². The lowest BCUT2D eigenvalue weighted by atomic mass is 10.3. The van der Waals surface area contributed by atoms with Crippen molar-refractivity contribution >= 4 is 55.5 Å². The van der Waals surface area contributed by atoms with E-state index in [9.17, 15) is 0 Å². The van der Waals surface area contributed by atoms with Crippen LogP contribution in [0.3, 0.4) is 0 Å². The van der Waals surface area contributed by atoms with Crippen molar-refractivity contribution in [3.63, 3.8) is 0 Å². The van der Waals surface area contributed by atoms with Gasteiger partial charge in [0.2, 0.25) is 0 Å². The van der Waals surface area contributed by atoms with Gasteiger partial charge in [0.05, 0.1) is 0 Å². The van der Waals surface area contributed by atoms with E-state index in [4.69, 9.17) is 0 Å². The molecule has 0 unspecified atom stereocenters. The molecule has 0 amide bonds. The standard InChI is InChI=1S/C13H13BrINS/c1-2-10-4-5-11(17-10)8-16-9-3-6-12(14)13(15)7-9/h3-7,16H,2,8H2,1H3. The molecule has 0 radical (unpaired) electrons. The highest BCUT2D eigenvalue weighted by atomic mass is 127. The van der Waals surface area contributed by atoms with Gasteiger partial charge in [-0.1, -0.05) is 6.92 Å². The molecule has 0 aliphatic rings. The maximum atomic E-state index is 3.50. The third kappa shape index (κ3) is 3.69. The Morgan fingerprint density at radius 2 is 2.00 bits per heavy atom. The van der Waals surface area contributed by atoms with Crippen molar-refractivity contribution in [2.75, 3.05) is 5.32 Å². The number of aryl methyl sites for hydroxylation is 1. The minimum atomic E-state index is 0.905. The predicted octanol–water partition coefficient (Wildman–Crippen LogP) is 5.29. The zero-order valence-electron chi connectivity index (χ0n) is 9.47. The lowest BCUT2D eigenvalue weighted by Crippen LogP contribution is -1.97. The highest BCUT2D eigenvalue weighted by Crippen LogP contribution is 2.24. The first-order valence-corrected chi connectivity index (χ1v) is 8.14. The summed E-state index contributed by atoms with van der Waals surface area (Å²) in [5.74, 6) is 0. The number of hydrogen-bond acceptors (Lipinski definition) is 2. The Labute approximate surface area is 128 Å². The number of thiophene rings is 1. The predicted molar refractivity (Wildman–Crippen MR) is 87.9 cm³/mol. The summed E-state index contributed by atoms with van der Waals surface area (Å²) < 4.78 is 2.38. The van der Waals surface area contributed by atoms with Gasteiger partial charge in [0, 0.05) is 30.0 Å². The van der Waals surface area contributed by atoms with Crippen LogP contribution in [-0.4, -0.2) is 0 Å².